The highest BCUT2D eigenvalue weighted by Crippen LogP contribution is 2.40. The van der Waals surface area contributed by atoms with E-state index in [1.54, 1.807) is 49.9 Å². The molecule has 1 saturated heterocycles. The first-order chi connectivity index (χ1) is 18.9. The maximum absolute atomic E-state index is 13.3. The lowest BCUT2D eigenvalue weighted by Gasteiger charge is -2.50. The van der Waals surface area contributed by atoms with Crippen LogP contribution in [0.5, 0.6) is 0 Å². The summed E-state index contributed by atoms with van der Waals surface area (Å²) in [7, 11) is 0. The molecular weight excluding hydrogens is 584 g/mol. The lowest BCUT2D eigenvalue weighted by Crippen LogP contribution is -2.71. The number of carboxylic acid groups (broad SMARTS) is 1. The number of esters is 1. The number of carbonyl (C=O) groups is 4. The summed E-state index contributed by atoms with van der Waals surface area (Å²) in [5.74, 6) is -3.45. The van der Waals surface area contributed by atoms with Crippen LogP contribution in [0.15, 0.2) is 47.0 Å². The topological polar surface area (TPSA) is 180 Å². The Hall–Kier alpha value is -3.69. The number of nitrogens with two attached hydrogens (primary N) is 1. The van der Waals surface area contributed by atoms with Gasteiger partial charge in [-0.25, -0.2) is 14.3 Å². The molecule has 0 aliphatic carbocycles. The van der Waals surface area contributed by atoms with Gasteiger partial charge in [0.05, 0.1) is 11.7 Å². The van der Waals surface area contributed by atoms with E-state index in [1.807, 2.05) is 6.07 Å². The molecule has 0 spiro atoms. The van der Waals surface area contributed by atoms with Crippen LogP contribution in [0.3, 0.4) is 0 Å². The third-order valence-corrected chi connectivity index (χ3v) is 7.90. The molecule has 2 aromatic rings. The zero-order chi connectivity index (χ0) is 29.2. The number of hydrogen-bond acceptors (Lipinski definition) is 12. The number of halogens is 1. The van der Waals surface area contributed by atoms with Gasteiger partial charge in [-0.2, -0.15) is 0 Å². The highest BCUT2D eigenvalue weighted by Gasteiger charge is 2.53. The van der Waals surface area contributed by atoms with Gasteiger partial charge in [-0.05, 0) is 20.8 Å². The maximum atomic E-state index is 13.3. The van der Waals surface area contributed by atoms with Crippen LogP contribution in [-0.2, 0) is 35.3 Å². The smallest absolute Gasteiger partial charge is 0.347 e. The van der Waals surface area contributed by atoms with E-state index in [2.05, 4.69) is 15.5 Å². The monoisotopic (exact) mass is 608 g/mol. The van der Waals surface area contributed by atoms with Crippen molar-refractivity contribution in [2.45, 2.75) is 44.3 Å². The number of carbonyl (C=O) groups excluding carboxylic acids is 4. The quantitative estimate of drug-likeness (QED) is 0.128. The lowest BCUT2D eigenvalue weighted by atomic mass is 10.0. The van der Waals surface area contributed by atoms with E-state index in [4.69, 9.17) is 26.9 Å². The number of nitrogen functional groups attached to an aromatic ring is 1. The Balaban J connectivity index is 1.52. The molecule has 3 N–H and O–H groups in total. The van der Waals surface area contributed by atoms with Crippen molar-refractivity contribution in [1.29, 1.82) is 0 Å². The third kappa shape index (κ3) is 6.54. The van der Waals surface area contributed by atoms with E-state index in [0.717, 1.165) is 16.2 Å². The van der Waals surface area contributed by atoms with Crippen LogP contribution < -0.4 is 20.7 Å². The van der Waals surface area contributed by atoms with Crippen LogP contribution in [0.1, 0.15) is 26.5 Å². The molecule has 1 unspecified atom stereocenters. The number of thioether (sulfide) groups is 1. The number of anilines is 1. The van der Waals surface area contributed by atoms with E-state index < -0.39 is 53.1 Å². The molecule has 2 aromatic heterocycles. The SMILES string of the molecule is CC(C)(C)OC(=O)CON=C(C(=O)NC1C(=O)N2C(C(=O)[O-])=C(C[n+]3ccccc3)CS[C@H]12)c1nc(N)sc1Cl. The number of aromatic nitrogens is 2. The van der Waals surface area contributed by atoms with Gasteiger partial charge in [0.25, 0.3) is 11.8 Å². The predicted octanol–water partition coefficient (Wildman–Crippen LogP) is -0.167. The summed E-state index contributed by atoms with van der Waals surface area (Å²) in [6.07, 6.45) is 3.56. The number of nitrogens with zero attached hydrogens (tertiary/aromatic N) is 4. The van der Waals surface area contributed by atoms with Gasteiger partial charge in [0.1, 0.15) is 27.0 Å². The average Bonchev–Trinajstić information content (AvgIpc) is 3.21. The highest BCUT2D eigenvalue weighted by molar-refractivity contribution is 8.00. The summed E-state index contributed by atoms with van der Waals surface area (Å²) < 4.78 is 6.97. The minimum Gasteiger partial charge on any atom is -0.543 e. The molecule has 0 aromatic carbocycles. The zero-order valence-corrected chi connectivity index (χ0v) is 24.0. The van der Waals surface area contributed by atoms with E-state index in [0.29, 0.717) is 11.3 Å². The number of pyridine rings is 1. The Labute approximate surface area is 242 Å². The Bertz CT molecular complexity index is 1410. The summed E-state index contributed by atoms with van der Waals surface area (Å²) in [5.41, 5.74) is 4.69. The first-order valence-corrected chi connectivity index (χ1v) is 14.1. The summed E-state index contributed by atoms with van der Waals surface area (Å²) in [6, 6.07) is 4.35. The highest BCUT2D eigenvalue weighted by atomic mass is 35.5. The number of β-lactam (4-membered cyclic amide) rings is 1. The number of aliphatic carboxylic acids is 1. The first kappa shape index (κ1) is 29.3. The zero-order valence-electron chi connectivity index (χ0n) is 21.6. The molecule has 212 valence electrons. The van der Waals surface area contributed by atoms with E-state index in [-0.39, 0.29) is 27.4 Å². The molecule has 2 aliphatic rings. The predicted molar refractivity (Wildman–Crippen MR) is 144 cm³/mol. The van der Waals surface area contributed by atoms with Crippen molar-refractivity contribution in [3.05, 3.63) is 51.9 Å². The maximum Gasteiger partial charge on any atom is 0.347 e. The van der Waals surface area contributed by atoms with E-state index in [9.17, 15) is 24.3 Å². The van der Waals surface area contributed by atoms with Gasteiger partial charge in [-0.15, -0.1) is 11.8 Å². The molecular formula is C24H25ClN6O7S2. The van der Waals surface area contributed by atoms with Crippen LogP contribution in [0, 0.1) is 0 Å². The second kappa shape index (κ2) is 11.8. The second-order valence-electron chi connectivity index (χ2n) is 9.62. The number of hydrogen-bond donors (Lipinski definition) is 2. The molecule has 0 radical (unpaired) electrons. The molecule has 13 nitrogen and oxygen atoms in total. The van der Waals surface area contributed by atoms with Gasteiger partial charge in [-0.3, -0.25) is 14.5 Å². The minimum absolute atomic E-state index is 0.0334. The van der Waals surface area contributed by atoms with Crippen LogP contribution in [0.25, 0.3) is 0 Å². The number of fused-ring (bicyclic) bond motifs is 1. The number of rotatable bonds is 9. The molecule has 0 bridgehead atoms. The van der Waals surface area contributed by atoms with Crippen LogP contribution in [-0.4, -0.2) is 68.7 Å². The number of amides is 2. The number of carboxylic acids is 1. The van der Waals surface area contributed by atoms with Gasteiger partial charge in [-0.1, -0.05) is 34.2 Å². The van der Waals surface area contributed by atoms with Crippen LogP contribution in [0.4, 0.5) is 5.13 Å². The lowest BCUT2D eigenvalue weighted by molar-refractivity contribution is -0.689. The number of nitrogens with one attached hydrogen (secondary N) is 1. The van der Waals surface area contributed by atoms with Crippen molar-refractivity contribution in [1.82, 2.24) is 15.2 Å². The first-order valence-electron chi connectivity index (χ1n) is 11.8. The normalized spacial score (nSPS) is 19.1. The van der Waals surface area contributed by atoms with Crippen molar-refractivity contribution in [3.63, 3.8) is 0 Å². The molecule has 4 rings (SSSR count). The van der Waals surface area contributed by atoms with Gasteiger partial charge in [0.15, 0.2) is 29.8 Å². The Morgan fingerprint density at radius 2 is 2.00 bits per heavy atom. The van der Waals surface area contributed by atoms with E-state index >= 15 is 0 Å². The minimum atomic E-state index is -1.49. The van der Waals surface area contributed by atoms with Gasteiger partial charge in [0.2, 0.25) is 6.61 Å². The molecule has 4 heterocycles. The fourth-order valence-corrected chi connectivity index (χ4v) is 6.20. The van der Waals surface area contributed by atoms with Crippen molar-refractivity contribution < 1.29 is 38.4 Å². The molecule has 1 fully saturated rings. The van der Waals surface area contributed by atoms with Crippen molar-refractivity contribution in [3.8, 4) is 0 Å². The molecule has 0 saturated carbocycles. The van der Waals surface area contributed by atoms with Crippen LogP contribution >= 0.6 is 34.7 Å². The fraction of sp³-hybridized carbons (Fsp3) is 0.375. The van der Waals surface area contributed by atoms with Gasteiger partial charge < -0.3 is 30.5 Å². The average molecular weight is 609 g/mol. The Morgan fingerprint density at radius 3 is 2.60 bits per heavy atom. The molecule has 2 amide bonds. The number of oxime groups is 1. The number of ether oxygens (including phenoxy) is 1. The molecule has 40 heavy (non-hydrogen) atoms. The third-order valence-electron chi connectivity index (χ3n) is 5.48. The molecule has 2 aliphatic heterocycles. The number of thiazole rings is 1. The summed E-state index contributed by atoms with van der Waals surface area (Å²) in [5, 5.41) is 17.7. The second-order valence-corrected chi connectivity index (χ2v) is 12.4. The Kier molecular flexibility index (Phi) is 8.65. The summed E-state index contributed by atoms with van der Waals surface area (Å²) in [6.45, 7) is 4.68. The standard InChI is InChI=1S/C24H25ClN6O7S2/c1-24(2,3)38-13(32)10-37-29-15(14-18(25)40-23(26)28-14)19(33)27-16-20(34)31-17(22(35)36)12(11-39-21(16)31)9-30-7-5-4-6-8-30/h4-8,16,21H,9-11H2,1-3H3,(H3-,26,27,28,33,35,36)/t16?,21-/m1/s1. The summed E-state index contributed by atoms with van der Waals surface area (Å²) in [4.78, 5) is 60.5. The fourth-order valence-electron chi connectivity index (χ4n) is 3.94. The van der Waals surface area contributed by atoms with Crippen molar-refractivity contribution >= 4 is 69.3 Å². The molecule has 16 heteroatoms. The Morgan fingerprint density at radius 1 is 1.30 bits per heavy atom. The van der Waals surface area contributed by atoms with Crippen molar-refractivity contribution in [2.24, 2.45) is 5.16 Å². The van der Waals surface area contributed by atoms with Gasteiger partial charge >= 0.3 is 5.97 Å². The van der Waals surface area contributed by atoms with Crippen molar-refractivity contribution in [2.75, 3.05) is 18.1 Å². The summed E-state index contributed by atoms with van der Waals surface area (Å²) >= 11 is 8.36. The van der Waals surface area contributed by atoms with E-state index in [1.165, 1.54) is 11.8 Å². The largest absolute Gasteiger partial charge is 0.543 e. The van der Waals surface area contributed by atoms with Gasteiger partial charge in [0, 0.05) is 23.5 Å². The molecule has 2 atom stereocenters. The van der Waals surface area contributed by atoms with Crippen LogP contribution in [0.2, 0.25) is 4.34 Å².